The molecule has 0 aromatic carbocycles. The zero-order valence-corrected chi connectivity index (χ0v) is 17.3. The number of hydrogen-bond donors (Lipinski definition) is 0. The normalized spacial score (nSPS) is 15.0. The Morgan fingerprint density at radius 1 is 0.667 bits per heavy atom. The zero-order chi connectivity index (χ0) is 15.8. The minimum Gasteiger partial charge on any atom is -0.454 e. The van der Waals surface area contributed by atoms with Crippen LogP contribution in [0.4, 0.5) is 0 Å². The van der Waals surface area contributed by atoms with Gasteiger partial charge in [0.2, 0.25) is 0 Å². The highest BCUT2D eigenvalue weighted by Gasteiger charge is 2.05. The molecule has 0 fully saturated rings. The molecule has 0 aliphatic heterocycles. The van der Waals surface area contributed by atoms with Crippen molar-refractivity contribution in [1.82, 2.24) is 0 Å². The van der Waals surface area contributed by atoms with Crippen molar-refractivity contribution in [2.45, 2.75) is 91.1 Å². The molecule has 0 heterocycles. The first-order chi connectivity index (χ1) is 10.2. The van der Waals surface area contributed by atoms with Gasteiger partial charge in [-0.2, -0.15) is 0 Å². The van der Waals surface area contributed by atoms with E-state index in [2.05, 4.69) is 50.5 Å². The lowest BCUT2D eigenvalue weighted by molar-refractivity contribution is 0.617. The van der Waals surface area contributed by atoms with Gasteiger partial charge in [-0.1, -0.05) is 75.9 Å². The van der Waals surface area contributed by atoms with Gasteiger partial charge in [0.15, 0.2) is 18.1 Å². The van der Waals surface area contributed by atoms with Crippen LogP contribution in [0.3, 0.4) is 0 Å². The van der Waals surface area contributed by atoms with Crippen LogP contribution in [0, 0.1) is 0 Å². The zero-order valence-electron chi connectivity index (χ0n) is 14.9. The standard InChI is InChI=1S/C18H38OSi2/c1-5-7-9-11-13-15-17-20(3)19-21(4)18-16-14-12-10-8-6-2/h15-18,20-21H,5-14H2,1-4H3. The fourth-order valence-corrected chi connectivity index (χ4v) is 6.97. The molecule has 2 atom stereocenters. The fraction of sp³-hybridized carbons (Fsp3) is 0.778. The summed E-state index contributed by atoms with van der Waals surface area (Å²) in [5.41, 5.74) is 4.76. The van der Waals surface area contributed by atoms with Crippen LogP contribution in [0.1, 0.15) is 78.1 Å². The Morgan fingerprint density at radius 2 is 1.10 bits per heavy atom. The molecule has 0 aliphatic rings. The van der Waals surface area contributed by atoms with Crippen LogP contribution in [0.5, 0.6) is 0 Å². The molecule has 0 amide bonds. The lowest BCUT2D eigenvalue weighted by Gasteiger charge is -2.11. The van der Waals surface area contributed by atoms with Crippen LogP contribution in [0.25, 0.3) is 0 Å². The van der Waals surface area contributed by atoms with Gasteiger partial charge in [0, 0.05) is 0 Å². The largest absolute Gasteiger partial charge is 0.454 e. The molecule has 0 spiro atoms. The van der Waals surface area contributed by atoms with Crippen molar-refractivity contribution < 1.29 is 4.12 Å². The maximum absolute atomic E-state index is 6.21. The topological polar surface area (TPSA) is 9.23 Å². The number of allylic oxidation sites excluding steroid dienone is 2. The van der Waals surface area contributed by atoms with Crippen LogP contribution in [0.15, 0.2) is 23.6 Å². The lowest BCUT2D eigenvalue weighted by Crippen LogP contribution is -2.21. The highest BCUT2D eigenvalue weighted by Crippen LogP contribution is 2.05. The number of hydrogen-bond acceptors (Lipinski definition) is 1. The van der Waals surface area contributed by atoms with E-state index in [4.69, 9.17) is 4.12 Å². The molecule has 0 saturated heterocycles. The van der Waals surface area contributed by atoms with Gasteiger partial charge in [0.05, 0.1) is 0 Å². The van der Waals surface area contributed by atoms with Gasteiger partial charge in [0.25, 0.3) is 0 Å². The van der Waals surface area contributed by atoms with Crippen molar-refractivity contribution in [1.29, 1.82) is 0 Å². The van der Waals surface area contributed by atoms with Gasteiger partial charge < -0.3 is 4.12 Å². The van der Waals surface area contributed by atoms with E-state index in [1.165, 1.54) is 64.2 Å². The molecule has 1 nitrogen and oxygen atoms in total. The van der Waals surface area contributed by atoms with Crippen LogP contribution in [-0.2, 0) is 4.12 Å². The maximum Gasteiger partial charge on any atom is 0.184 e. The van der Waals surface area contributed by atoms with E-state index in [-0.39, 0.29) is 0 Å². The SMILES string of the molecule is CCCCCCC=C[SiH](C)O[SiH](C)C=CCCCCCC. The van der Waals surface area contributed by atoms with Crippen molar-refractivity contribution in [3.05, 3.63) is 23.6 Å². The first-order valence-corrected chi connectivity index (χ1v) is 13.8. The van der Waals surface area contributed by atoms with Crippen molar-refractivity contribution in [2.75, 3.05) is 0 Å². The minimum absolute atomic E-state index is 1.06. The minimum atomic E-state index is -1.06. The van der Waals surface area contributed by atoms with E-state index >= 15 is 0 Å². The maximum atomic E-state index is 6.21. The summed E-state index contributed by atoms with van der Waals surface area (Å²) in [5.74, 6) is 0. The van der Waals surface area contributed by atoms with Gasteiger partial charge in [-0.25, -0.2) is 0 Å². The second kappa shape index (κ2) is 16.2. The predicted octanol–water partition coefficient (Wildman–Crippen LogP) is 5.84. The first-order valence-electron chi connectivity index (χ1n) is 9.19. The summed E-state index contributed by atoms with van der Waals surface area (Å²) in [7, 11) is -2.12. The number of unbranched alkanes of at least 4 members (excludes halogenated alkanes) is 8. The van der Waals surface area contributed by atoms with E-state index in [1.54, 1.807) is 0 Å². The van der Waals surface area contributed by atoms with Crippen molar-refractivity contribution >= 4 is 18.1 Å². The Labute approximate surface area is 137 Å². The summed E-state index contributed by atoms with van der Waals surface area (Å²) in [4.78, 5) is 0. The Balaban J connectivity index is 3.61. The molecule has 2 unspecified atom stereocenters. The summed E-state index contributed by atoms with van der Waals surface area (Å²) in [6, 6.07) is 0. The van der Waals surface area contributed by atoms with Crippen molar-refractivity contribution in [3.63, 3.8) is 0 Å². The van der Waals surface area contributed by atoms with Crippen LogP contribution < -0.4 is 0 Å². The van der Waals surface area contributed by atoms with E-state index in [0.717, 1.165) is 0 Å². The smallest absolute Gasteiger partial charge is 0.184 e. The molecular weight excluding hydrogens is 288 g/mol. The predicted molar refractivity (Wildman–Crippen MR) is 103 cm³/mol. The summed E-state index contributed by atoms with van der Waals surface area (Å²) in [6.45, 7) is 9.15. The Bertz CT molecular complexity index is 238. The van der Waals surface area contributed by atoms with Gasteiger partial charge in [-0.15, -0.1) is 0 Å². The first kappa shape index (κ1) is 20.9. The third-order valence-electron chi connectivity index (χ3n) is 3.69. The van der Waals surface area contributed by atoms with E-state index in [0.29, 0.717) is 0 Å². The monoisotopic (exact) mass is 326 g/mol. The molecule has 21 heavy (non-hydrogen) atoms. The molecule has 0 N–H and O–H groups in total. The number of rotatable bonds is 14. The molecule has 0 aromatic rings. The summed E-state index contributed by atoms with van der Waals surface area (Å²) in [6.07, 6.45) is 18.1. The van der Waals surface area contributed by atoms with E-state index < -0.39 is 18.1 Å². The second-order valence-electron chi connectivity index (χ2n) is 6.10. The van der Waals surface area contributed by atoms with Crippen molar-refractivity contribution in [3.8, 4) is 0 Å². The van der Waals surface area contributed by atoms with Crippen LogP contribution in [-0.4, -0.2) is 18.1 Å². The summed E-state index contributed by atoms with van der Waals surface area (Å²) in [5, 5.41) is 0. The lowest BCUT2D eigenvalue weighted by atomic mass is 10.2. The quantitative estimate of drug-likeness (QED) is 0.288. The van der Waals surface area contributed by atoms with E-state index in [9.17, 15) is 0 Å². The highest BCUT2D eigenvalue weighted by molar-refractivity contribution is 6.70. The molecule has 0 rings (SSSR count). The second-order valence-corrected chi connectivity index (χ2v) is 10.8. The molecule has 0 radical (unpaired) electrons. The molecule has 0 saturated carbocycles. The molecule has 0 aromatic heterocycles. The van der Waals surface area contributed by atoms with Crippen LogP contribution >= 0.6 is 0 Å². The van der Waals surface area contributed by atoms with Crippen molar-refractivity contribution in [2.24, 2.45) is 0 Å². The Morgan fingerprint density at radius 3 is 1.48 bits per heavy atom. The van der Waals surface area contributed by atoms with Gasteiger partial charge in [-0.05, 0) is 38.8 Å². The highest BCUT2D eigenvalue weighted by atomic mass is 28.4. The Hall–Kier alpha value is -0.126. The third-order valence-corrected chi connectivity index (χ3v) is 8.75. The fourth-order valence-electron chi connectivity index (χ4n) is 2.38. The van der Waals surface area contributed by atoms with E-state index in [1.807, 2.05) is 0 Å². The van der Waals surface area contributed by atoms with Gasteiger partial charge >= 0.3 is 0 Å². The summed E-state index contributed by atoms with van der Waals surface area (Å²) < 4.78 is 6.21. The molecule has 0 bridgehead atoms. The average molecular weight is 327 g/mol. The molecule has 0 aliphatic carbocycles. The van der Waals surface area contributed by atoms with Gasteiger partial charge in [0.1, 0.15) is 0 Å². The molecule has 124 valence electrons. The Kier molecular flexibility index (Phi) is 16.2. The summed E-state index contributed by atoms with van der Waals surface area (Å²) >= 11 is 0. The average Bonchev–Trinajstić information content (AvgIpc) is 2.46. The molecule has 3 heteroatoms. The van der Waals surface area contributed by atoms with Crippen LogP contribution in [0.2, 0.25) is 13.1 Å². The molecular formula is C18H38OSi2. The van der Waals surface area contributed by atoms with Gasteiger partial charge in [-0.3, -0.25) is 0 Å². The third kappa shape index (κ3) is 16.1.